The number of amides is 1. The van der Waals surface area contributed by atoms with Gasteiger partial charge in [-0.15, -0.1) is 0 Å². The molecular formula is C23H24N2O6S. The molecule has 1 amide bonds. The van der Waals surface area contributed by atoms with Gasteiger partial charge in [0.15, 0.2) is 4.80 Å². The van der Waals surface area contributed by atoms with Crippen LogP contribution < -0.4 is 9.54 Å². The second-order valence-corrected chi connectivity index (χ2v) is 7.72. The summed E-state index contributed by atoms with van der Waals surface area (Å²) in [7, 11) is 1.31. The van der Waals surface area contributed by atoms with E-state index in [2.05, 4.69) is 4.99 Å². The number of methoxy groups -OCH3 is 1. The fourth-order valence-corrected chi connectivity index (χ4v) is 4.17. The van der Waals surface area contributed by atoms with E-state index in [1.807, 2.05) is 19.1 Å². The molecule has 32 heavy (non-hydrogen) atoms. The van der Waals surface area contributed by atoms with Crippen LogP contribution in [0.5, 0.6) is 5.75 Å². The Balaban J connectivity index is 1.96. The second-order valence-electron chi connectivity index (χ2n) is 6.71. The van der Waals surface area contributed by atoms with Crippen LogP contribution in [-0.2, 0) is 32.0 Å². The molecule has 168 valence electrons. The summed E-state index contributed by atoms with van der Waals surface area (Å²) in [6, 6.07) is 12.2. The van der Waals surface area contributed by atoms with Crippen LogP contribution in [0.3, 0.4) is 0 Å². The molecule has 8 nitrogen and oxygen atoms in total. The zero-order valence-electron chi connectivity index (χ0n) is 18.1. The van der Waals surface area contributed by atoms with Crippen molar-refractivity contribution in [2.24, 2.45) is 4.99 Å². The number of hydrogen-bond donors (Lipinski definition) is 0. The highest BCUT2D eigenvalue weighted by Gasteiger charge is 2.15. The van der Waals surface area contributed by atoms with Crippen molar-refractivity contribution in [3.8, 4) is 5.75 Å². The molecule has 0 radical (unpaired) electrons. The van der Waals surface area contributed by atoms with Crippen molar-refractivity contribution in [1.29, 1.82) is 0 Å². The minimum absolute atomic E-state index is 0.0966. The third-order valence-corrected chi connectivity index (χ3v) is 5.55. The lowest BCUT2D eigenvalue weighted by atomic mass is 10.1. The third-order valence-electron chi connectivity index (χ3n) is 4.51. The molecule has 0 fully saturated rings. The number of thiazole rings is 1. The van der Waals surface area contributed by atoms with Crippen LogP contribution in [0.25, 0.3) is 10.2 Å². The smallest absolute Gasteiger partial charge is 0.337 e. The molecule has 2 aromatic carbocycles. The standard InChI is InChI=1S/C23H24N2O6S/c1-4-30-17-9-6-15(7-10-17)12-20(26)24-23-25(14-21(27)31-5-2)18-11-8-16(22(28)29-3)13-19(18)32-23/h6-11,13H,4-5,12,14H2,1-3H3. The van der Waals surface area contributed by atoms with Gasteiger partial charge in [0.1, 0.15) is 12.3 Å². The van der Waals surface area contributed by atoms with Gasteiger partial charge < -0.3 is 18.8 Å². The van der Waals surface area contributed by atoms with Crippen molar-refractivity contribution in [3.63, 3.8) is 0 Å². The number of rotatable bonds is 8. The van der Waals surface area contributed by atoms with Gasteiger partial charge >= 0.3 is 11.9 Å². The summed E-state index contributed by atoms with van der Waals surface area (Å²) >= 11 is 1.21. The van der Waals surface area contributed by atoms with E-state index in [4.69, 9.17) is 14.2 Å². The number of carbonyl (C=O) groups is 3. The molecule has 0 aliphatic carbocycles. The zero-order valence-corrected chi connectivity index (χ0v) is 18.9. The molecule has 1 heterocycles. The lowest BCUT2D eigenvalue weighted by molar-refractivity contribution is -0.143. The van der Waals surface area contributed by atoms with Gasteiger partial charge in [0.25, 0.3) is 5.91 Å². The number of aromatic nitrogens is 1. The maximum absolute atomic E-state index is 12.7. The molecule has 0 bridgehead atoms. The number of carbonyl (C=O) groups excluding carboxylic acids is 3. The number of fused-ring (bicyclic) bond motifs is 1. The first-order valence-corrected chi connectivity index (χ1v) is 10.9. The molecular weight excluding hydrogens is 432 g/mol. The molecule has 0 saturated carbocycles. The number of benzene rings is 2. The van der Waals surface area contributed by atoms with Crippen molar-refractivity contribution in [2.75, 3.05) is 20.3 Å². The van der Waals surface area contributed by atoms with E-state index < -0.39 is 11.9 Å². The van der Waals surface area contributed by atoms with Crippen LogP contribution in [0.4, 0.5) is 0 Å². The maximum Gasteiger partial charge on any atom is 0.337 e. The summed E-state index contributed by atoms with van der Waals surface area (Å²) in [6.07, 6.45) is 0.105. The Morgan fingerprint density at radius 3 is 2.44 bits per heavy atom. The summed E-state index contributed by atoms with van der Waals surface area (Å²) < 4.78 is 17.6. The third kappa shape index (κ3) is 5.61. The summed E-state index contributed by atoms with van der Waals surface area (Å²) in [5, 5.41) is 0. The van der Waals surface area contributed by atoms with E-state index in [-0.39, 0.29) is 25.5 Å². The van der Waals surface area contributed by atoms with Crippen LogP contribution >= 0.6 is 11.3 Å². The fourth-order valence-electron chi connectivity index (χ4n) is 3.08. The molecule has 0 unspecified atom stereocenters. The largest absolute Gasteiger partial charge is 0.494 e. The highest BCUT2D eigenvalue weighted by molar-refractivity contribution is 7.16. The predicted octanol–water partition coefficient (Wildman–Crippen LogP) is 3.12. The Labute approximate surface area is 189 Å². The van der Waals surface area contributed by atoms with Gasteiger partial charge in [-0.05, 0) is 49.7 Å². The molecule has 9 heteroatoms. The van der Waals surface area contributed by atoms with Crippen molar-refractivity contribution < 1.29 is 28.6 Å². The van der Waals surface area contributed by atoms with Crippen LogP contribution in [0.2, 0.25) is 0 Å². The maximum atomic E-state index is 12.7. The van der Waals surface area contributed by atoms with E-state index in [0.717, 1.165) is 11.3 Å². The van der Waals surface area contributed by atoms with E-state index in [9.17, 15) is 14.4 Å². The number of esters is 2. The molecule has 0 spiro atoms. The van der Waals surface area contributed by atoms with E-state index in [1.165, 1.54) is 18.4 Å². The number of nitrogens with zero attached hydrogens (tertiary/aromatic N) is 2. The average Bonchev–Trinajstić information content (AvgIpc) is 3.10. The fraction of sp³-hybridized carbons (Fsp3) is 0.304. The Morgan fingerprint density at radius 1 is 1.03 bits per heavy atom. The summed E-state index contributed by atoms with van der Waals surface area (Å²) in [5.41, 5.74) is 1.84. The lowest BCUT2D eigenvalue weighted by Crippen LogP contribution is -2.23. The molecule has 0 atom stereocenters. The molecule has 0 aliphatic rings. The van der Waals surface area contributed by atoms with Gasteiger partial charge in [-0.2, -0.15) is 4.99 Å². The monoisotopic (exact) mass is 456 g/mol. The summed E-state index contributed by atoms with van der Waals surface area (Å²) in [4.78, 5) is 41.3. The summed E-state index contributed by atoms with van der Waals surface area (Å²) in [5.74, 6) is -0.530. The summed E-state index contributed by atoms with van der Waals surface area (Å²) in [6.45, 7) is 4.35. The van der Waals surface area contributed by atoms with Crippen LogP contribution in [0.1, 0.15) is 29.8 Å². The molecule has 0 aliphatic heterocycles. The normalized spacial score (nSPS) is 11.4. The van der Waals surface area contributed by atoms with Gasteiger partial charge in [-0.25, -0.2) is 4.79 Å². The van der Waals surface area contributed by atoms with E-state index in [1.54, 1.807) is 41.8 Å². The van der Waals surface area contributed by atoms with Crippen LogP contribution in [0.15, 0.2) is 47.5 Å². The predicted molar refractivity (Wildman–Crippen MR) is 120 cm³/mol. The Bertz CT molecular complexity index is 1190. The Kier molecular flexibility index (Phi) is 7.77. The van der Waals surface area contributed by atoms with Crippen LogP contribution in [-0.4, -0.2) is 42.7 Å². The van der Waals surface area contributed by atoms with E-state index in [0.29, 0.717) is 27.2 Å². The quantitative estimate of drug-likeness (QED) is 0.483. The first kappa shape index (κ1) is 23.2. The van der Waals surface area contributed by atoms with E-state index >= 15 is 0 Å². The second kappa shape index (κ2) is 10.7. The van der Waals surface area contributed by atoms with Gasteiger partial charge in [0.05, 0.1) is 42.5 Å². The lowest BCUT2D eigenvalue weighted by Gasteiger charge is -2.06. The molecule has 1 aromatic heterocycles. The van der Waals surface area contributed by atoms with Crippen molar-refractivity contribution in [1.82, 2.24) is 4.57 Å². The number of ether oxygens (including phenoxy) is 3. The molecule has 3 aromatic rings. The topological polar surface area (TPSA) is 96.2 Å². The van der Waals surface area contributed by atoms with Gasteiger partial charge in [-0.3, -0.25) is 9.59 Å². The SMILES string of the molecule is CCOC(=O)Cn1c(=NC(=O)Cc2ccc(OCC)cc2)sc2cc(C(=O)OC)ccc21. The highest BCUT2D eigenvalue weighted by atomic mass is 32.1. The van der Waals surface area contributed by atoms with Gasteiger partial charge in [-0.1, -0.05) is 23.5 Å². The van der Waals surface area contributed by atoms with Crippen molar-refractivity contribution in [2.45, 2.75) is 26.8 Å². The van der Waals surface area contributed by atoms with Crippen molar-refractivity contribution >= 4 is 39.4 Å². The Hall–Kier alpha value is -3.46. The Morgan fingerprint density at radius 2 is 1.78 bits per heavy atom. The van der Waals surface area contributed by atoms with Gasteiger partial charge in [0, 0.05) is 0 Å². The minimum Gasteiger partial charge on any atom is -0.494 e. The average molecular weight is 457 g/mol. The minimum atomic E-state index is -0.470. The molecule has 0 N–H and O–H groups in total. The zero-order chi connectivity index (χ0) is 23.1. The number of hydrogen-bond acceptors (Lipinski definition) is 7. The first-order valence-electron chi connectivity index (χ1n) is 10.1. The highest BCUT2D eigenvalue weighted by Crippen LogP contribution is 2.20. The van der Waals surface area contributed by atoms with Crippen molar-refractivity contribution in [3.05, 3.63) is 58.4 Å². The molecule has 3 rings (SSSR count). The first-order chi connectivity index (χ1) is 15.4. The van der Waals surface area contributed by atoms with Gasteiger partial charge in [0.2, 0.25) is 0 Å². The van der Waals surface area contributed by atoms with Crippen LogP contribution in [0, 0.1) is 0 Å². The molecule has 0 saturated heterocycles.